The van der Waals surface area contributed by atoms with E-state index in [9.17, 15) is 9.18 Å². The van der Waals surface area contributed by atoms with Gasteiger partial charge in [0.15, 0.2) is 0 Å². The molecule has 0 bridgehead atoms. The topological polar surface area (TPSA) is 75.1 Å². The zero-order valence-electron chi connectivity index (χ0n) is 10.7. The van der Waals surface area contributed by atoms with Gasteiger partial charge in [0.05, 0.1) is 11.7 Å². The van der Waals surface area contributed by atoms with Crippen molar-refractivity contribution in [3.05, 3.63) is 60.2 Å². The lowest BCUT2D eigenvalue weighted by atomic mass is 10.2. The number of carboxylic acids is 1. The number of anilines is 2. The van der Waals surface area contributed by atoms with Gasteiger partial charge in [-0.05, 0) is 30.3 Å². The van der Waals surface area contributed by atoms with Crippen LogP contribution < -0.4 is 5.32 Å². The first-order valence-electron chi connectivity index (χ1n) is 6.14. The van der Waals surface area contributed by atoms with Crippen molar-refractivity contribution in [3.8, 4) is 0 Å². The fourth-order valence-corrected chi connectivity index (χ4v) is 1.99. The minimum absolute atomic E-state index is 0.0899. The predicted molar refractivity (Wildman–Crippen MR) is 76.2 cm³/mol. The molecular weight excluding hydrogens is 273 g/mol. The zero-order chi connectivity index (χ0) is 14.8. The second kappa shape index (κ2) is 5.16. The molecule has 21 heavy (non-hydrogen) atoms. The molecule has 0 spiro atoms. The number of benzene rings is 1. The molecule has 0 radical (unpaired) electrons. The fraction of sp³-hybridized carbons (Fsp3) is 0. The van der Waals surface area contributed by atoms with E-state index in [1.165, 1.54) is 0 Å². The van der Waals surface area contributed by atoms with Crippen LogP contribution in [-0.4, -0.2) is 21.0 Å². The Hall–Kier alpha value is -3.02. The monoisotopic (exact) mass is 283 g/mol. The van der Waals surface area contributed by atoms with E-state index in [4.69, 9.17) is 5.11 Å². The molecule has 0 unspecified atom stereocenters. The van der Waals surface area contributed by atoms with Crippen molar-refractivity contribution in [1.82, 2.24) is 9.97 Å². The van der Waals surface area contributed by atoms with Crippen LogP contribution >= 0.6 is 0 Å². The van der Waals surface area contributed by atoms with Gasteiger partial charge >= 0.3 is 5.97 Å². The molecule has 104 valence electrons. The number of fused-ring (bicyclic) bond motifs is 1. The lowest BCUT2D eigenvalue weighted by Gasteiger charge is -2.09. The van der Waals surface area contributed by atoms with E-state index >= 15 is 0 Å². The Balaban J connectivity index is 2.00. The van der Waals surface area contributed by atoms with Crippen LogP contribution in [0.1, 0.15) is 10.4 Å². The largest absolute Gasteiger partial charge is 0.478 e. The highest BCUT2D eigenvalue weighted by Crippen LogP contribution is 2.22. The molecule has 3 rings (SSSR count). The summed E-state index contributed by atoms with van der Waals surface area (Å²) < 4.78 is 13.1. The molecule has 5 nitrogen and oxygen atoms in total. The van der Waals surface area contributed by atoms with Gasteiger partial charge in [0, 0.05) is 17.3 Å². The van der Waals surface area contributed by atoms with Crippen LogP contribution in [0.25, 0.3) is 10.9 Å². The molecule has 0 amide bonds. The summed E-state index contributed by atoms with van der Waals surface area (Å²) >= 11 is 0. The first-order chi connectivity index (χ1) is 10.1. The number of halogens is 1. The number of pyridine rings is 2. The van der Waals surface area contributed by atoms with Crippen LogP contribution in [0.3, 0.4) is 0 Å². The Labute approximate surface area is 119 Å². The van der Waals surface area contributed by atoms with E-state index in [2.05, 4.69) is 15.3 Å². The third-order valence-electron chi connectivity index (χ3n) is 2.95. The number of carboxylic acid groups (broad SMARTS) is 1. The third kappa shape index (κ3) is 2.64. The number of carbonyl (C=O) groups is 1. The van der Waals surface area contributed by atoms with Crippen LogP contribution in [0.4, 0.5) is 15.9 Å². The van der Waals surface area contributed by atoms with Gasteiger partial charge in [0.25, 0.3) is 0 Å². The Kier molecular flexibility index (Phi) is 3.19. The fourth-order valence-electron chi connectivity index (χ4n) is 1.99. The highest BCUT2D eigenvalue weighted by atomic mass is 19.1. The van der Waals surface area contributed by atoms with Gasteiger partial charge in [0.1, 0.15) is 17.2 Å². The SMILES string of the molecule is O=C(O)c1cc(F)cnc1Nc1ccc2ncccc2c1. The van der Waals surface area contributed by atoms with Crippen molar-refractivity contribution in [2.75, 3.05) is 5.32 Å². The Morgan fingerprint density at radius 1 is 1.19 bits per heavy atom. The van der Waals surface area contributed by atoms with Gasteiger partial charge in [-0.25, -0.2) is 14.2 Å². The van der Waals surface area contributed by atoms with Crippen LogP contribution in [0.15, 0.2) is 48.8 Å². The minimum Gasteiger partial charge on any atom is -0.478 e. The second-order valence-corrected chi connectivity index (χ2v) is 4.39. The van der Waals surface area contributed by atoms with Gasteiger partial charge < -0.3 is 10.4 Å². The molecule has 0 atom stereocenters. The highest BCUT2D eigenvalue weighted by molar-refractivity contribution is 5.94. The average Bonchev–Trinajstić information content (AvgIpc) is 2.49. The molecule has 3 aromatic rings. The normalized spacial score (nSPS) is 10.5. The van der Waals surface area contributed by atoms with Crippen molar-refractivity contribution < 1.29 is 14.3 Å². The van der Waals surface area contributed by atoms with E-state index in [1.54, 1.807) is 12.3 Å². The van der Waals surface area contributed by atoms with Crippen LogP contribution in [0.5, 0.6) is 0 Å². The summed E-state index contributed by atoms with van der Waals surface area (Å²) in [6, 6.07) is 10.0. The quantitative estimate of drug-likeness (QED) is 0.772. The predicted octanol–water partition coefficient (Wildman–Crippen LogP) is 3.21. The number of aromatic nitrogens is 2. The van der Waals surface area contributed by atoms with Crippen molar-refractivity contribution in [1.29, 1.82) is 0 Å². The molecule has 2 heterocycles. The van der Waals surface area contributed by atoms with Crippen molar-refractivity contribution in [3.63, 3.8) is 0 Å². The maximum absolute atomic E-state index is 13.1. The smallest absolute Gasteiger partial charge is 0.339 e. The molecular formula is C15H10FN3O2. The van der Waals surface area contributed by atoms with Crippen LogP contribution in [0, 0.1) is 5.82 Å². The van der Waals surface area contributed by atoms with Crippen molar-refractivity contribution >= 4 is 28.4 Å². The van der Waals surface area contributed by atoms with E-state index in [1.807, 2.05) is 24.3 Å². The first kappa shape index (κ1) is 13.0. The minimum atomic E-state index is -1.24. The number of hydrogen-bond donors (Lipinski definition) is 2. The van der Waals surface area contributed by atoms with Gasteiger partial charge in [-0.2, -0.15) is 0 Å². The lowest BCUT2D eigenvalue weighted by Crippen LogP contribution is -2.05. The second-order valence-electron chi connectivity index (χ2n) is 4.39. The van der Waals surface area contributed by atoms with Gasteiger partial charge in [0.2, 0.25) is 0 Å². The Morgan fingerprint density at radius 2 is 2.05 bits per heavy atom. The summed E-state index contributed by atoms with van der Waals surface area (Å²) in [5.74, 6) is -1.85. The lowest BCUT2D eigenvalue weighted by molar-refractivity contribution is 0.0697. The molecule has 0 aliphatic carbocycles. The summed E-state index contributed by atoms with van der Waals surface area (Å²) in [7, 11) is 0. The van der Waals surface area contributed by atoms with Crippen molar-refractivity contribution in [2.24, 2.45) is 0 Å². The standard InChI is InChI=1S/C15H10FN3O2/c16-10-7-12(15(20)21)14(18-8-10)19-11-3-4-13-9(6-11)2-1-5-17-13/h1-8H,(H,18,19)(H,20,21). The zero-order valence-corrected chi connectivity index (χ0v) is 10.7. The van der Waals surface area contributed by atoms with Gasteiger partial charge in [-0.3, -0.25) is 4.98 Å². The maximum Gasteiger partial charge on any atom is 0.339 e. The number of aromatic carboxylic acids is 1. The Morgan fingerprint density at radius 3 is 2.86 bits per heavy atom. The van der Waals surface area contributed by atoms with Gasteiger partial charge in [-0.15, -0.1) is 0 Å². The van der Waals surface area contributed by atoms with E-state index in [-0.39, 0.29) is 11.4 Å². The highest BCUT2D eigenvalue weighted by Gasteiger charge is 2.13. The molecule has 6 heteroatoms. The van der Waals surface area contributed by atoms with Crippen molar-refractivity contribution in [2.45, 2.75) is 0 Å². The third-order valence-corrected chi connectivity index (χ3v) is 2.95. The number of rotatable bonds is 3. The number of nitrogens with zero attached hydrogens (tertiary/aromatic N) is 2. The molecule has 0 fully saturated rings. The Bertz CT molecular complexity index is 836. The van der Waals surface area contributed by atoms with E-state index in [0.29, 0.717) is 5.69 Å². The average molecular weight is 283 g/mol. The summed E-state index contributed by atoms with van der Waals surface area (Å²) in [6.07, 6.45) is 2.66. The van der Waals surface area contributed by atoms with Crippen LogP contribution in [0.2, 0.25) is 0 Å². The first-order valence-corrected chi connectivity index (χ1v) is 6.14. The summed E-state index contributed by atoms with van der Waals surface area (Å²) in [5.41, 5.74) is 1.26. The molecule has 2 aromatic heterocycles. The maximum atomic E-state index is 13.1. The summed E-state index contributed by atoms with van der Waals surface area (Å²) in [4.78, 5) is 19.1. The molecule has 0 saturated carbocycles. The number of hydrogen-bond acceptors (Lipinski definition) is 4. The van der Waals surface area contributed by atoms with Crippen LogP contribution in [-0.2, 0) is 0 Å². The number of nitrogens with one attached hydrogen (secondary N) is 1. The molecule has 0 aliphatic rings. The van der Waals surface area contributed by atoms with E-state index < -0.39 is 11.8 Å². The molecule has 0 saturated heterocycles. The summed E-state index contributed by atoms with van der Waals surface area (Å²) in [5, 5.41) is 12.9. The summed E-state index contributed by atoms with van der Waals surface area (Å²) in [6.45, 7) is 0. The van der Waals surface area contributed by atoms with Gasteiger partial charge in [-0.1, -0.05) is 6.07 Å². The molecule has 1 aromatic carbocycles. The molecule has 2 N–H and O–H groups in total. The molecule has 0 aliphatic heterocycles. The van der Waals surface area contributed by atoms with E-state index in [0.717, 1.165) is 23.2 Å².